The third kappa shape index (κ3) is 2.33. The predicted molar refractivity (Wildman–Crippen MR) is 61.4 cm³/mol. The Balaban J connectivity index is 2.30. The van der Waals surface area contributed by atoms with Gasteiger partial charge in [0.1, 0.15) is 6.10 Å². The lowest BCUT2D eigenvalue weighted by atomic mass is 10.00. The molecule has 1 aliphatic heterocycles. The van der Waals surface area contributed by atoms with Crippen LogP contribution in [0.15, 0.2) is 24.3 Å². The Kier molecular flexibility index (Phi) is 3.45. The Morgan fingerprint density at radius 3 is 2.65 bits per heavy atom. The van der Waals surface area contributed by atoms with Crippen molar-refractivity contribution in [2.75, 3.05) is 7.11 Å². The summed E-state index contributed by atoms with van der Waals surface area (Å²) in [6, 6.07) is 7.79. The molecule has 0 aliphatic carbocycles. The van der Waals surface area contributed by atoms with E-state index in [9.17, 15) is 4.79 Å². The summed E-state index contributed by atoms with van der Waals surface area (Å²) in [7, 11) is 1.35. The molecule has 1 aromatic rings. The summed E-state index contributed by atoms with van der Waals surface area (Å²) in [6.07, 6.45) is -1.47. The Bertz CT molecular complexity index is 416. The molecular formula is C13H16O4. The lowest BCUT2D eigenvalue weighted by Gasteiger charge is -2.16. The van der Waals surface area contributed by atoms with E-state index in [0.717, 1.165) is 11.1 Å². The minimum absolute atomic E-state index is 0.390. The number of benzene rings is 1. The van der Waals surface area contributed by atoms with Gasteiger partial charge in [-0.1, -0.05) is 24.3 Å². The summed E-state index contributed by atoms with van der Waals surface area (Å²) in [5.41, 5.74) is 2.04. The first-order chi connectivity index (χ1) is 8.13. The lowest BCUT2D eigenvalue weighted by molar-refractivity contribution is -0.153. The predicted octanol–water partition coefficient (Wildman–Crippen LogP) is 1.97. The first-order valence-corrected chi connectivity index (χ1v) is 5.57. The van der Waals surface area contributed by atoms with Gasteiger partial charge in [0.15, 0.2) is 12.4 Å². The molecule has 2 rings (SSSR count). The minimum atomic E-state index is -0.684. The van der Waals surface area contributed by atoms with Crippen molar-refractivity contribution in [3.63, 3.8) is 0 Å². The SMILES string of the molecule is COC(=O)C1OC(C)OC1c1ccccc1C. The maximum Gasteiger partial charge on any atom is 0.338 e. The average molecular weight is 236 g/mol. The summed E-state index contributed by atoms with van der Waals surface area (Å²) >= 11 is 0. The van der Waals surface area contributed by atoms with Crippen LogP contribution in [0.5, 0.6) is 0 Å². The van der Waals surface area contributed by atoms with Gasteiger partial charge in [-0.15, -0.1) is 0 Å². The van der Waals surface area contributed by atoms with E-state index in [0.29, 0.717) is 0 Å². The van der Waals surface area contributed by atoms with E-state index in [1.807, 2.05) is 31.2 Å². The lowest BCUT2D eigenvalue weighted by Crippen LogP contribution is -2.27. The topological polar surface area (TPSA) is 44.8 Å². The zero-order valence-corrected chi connectivity index (χ0v) is 10.2. The van der Waals surface area contributed by atoms with Crippen LogP contribution in [0, 0.1) is 6.92 Å². The van der Waals surface area contributed by atoms with E-state index in [2.05, 4.69) is 0 Å². The first-order valence-electron chi connectivity index (χ1n) is 5.57. The molecule has 0 saturated carbocycles. The van der Waals surface area contributed by atoms with Gasteiger partial charge in [-0.3, -0.25) is 0 Å². The number of methoxy groups -OCH3 is 1. The van der Waals surface area contributed by atoms with Crippen LogP contribution in [0.4, 0.5) is 0 Å². The van der Waals surface area contributed by atoms with E-state index in [1.54, 1.807) is 6.92 Å². The van der Waals surface area contributed by atoms with Crippen molar-refractivity contribution in [3.8, 4) is 0 Å². The molecular weight excluding hydrogens is 220 g/mol. The van der Waals surface area contributed by atoms with Gasteiger partial charge in [0.25, 0.3) is 0 Å². The van der Waals surface area contributed by atoms with Crippen molar-refractivity contribution in [2.24, 2.45) is 0 Å². The molecule has 0 aromatic heterocycles. The van der Waals surface area contributed by atoms with Crippen molar-refractivity contribution in [1.29, 1.82) is 0 Å². The second-order valence-electron chi connectivity index (χ2n) is 4.06. The van der Waals surface area contributed by atoms with Gasteiger partial charge < -0.3 is 14.2 Å². The Morgan fingerprint density at radius 1 is 1.29 bits per heavy atom. The molecule has 1 fully saturated rings. The zero-order chi connectivity index (χ0) is 12.4. The Labute approximate surface area is 100 Å². The Hall–Kier alpha value is -1.39. The summed E-state index contributed by atoms with van der Waals surface area (Å²) in [6.45, 7) is 3.75. The van der Waals surface area contributed by atoms with Gasteiger partial charge in [-0.2, -0.15) is 0 Å². The van der Waals surface area contributed by atoms with Gasteiger partial charge in [-0.05, 0) is 25.0 Å². The van der Waals surface area contributed by atoms with Crippen LogP contribution in [0.2, 0.25) is 0 Å². The number of aryl methyl sites for hydroxylation is 1. The third-order valence-electron chi connectivity index (χ3n) is 2.88. The van der Waals surface area contributed by atoms with Crippen molar-refractivity contribution in [3.05, 3.63) is 35.4 Å². The van der Waals surface area contributed by atoms with Gasteiger partial charge >= 0.3 is 5.97 Å². The quantitative estimate of drug-likeness (QED) is 0.736. The molecule has 4 heteroatoms. The first kappa shape index (κ1) is 12.1. The number of rotatable bonds is 2. The molecule has 17 heavy (non-hydrogen) atoms. The number of carbonyl (C=O) groups is 1. The number of carbonyl (C=O) groups excluding carboxylic acids is 1. The molecule has 0 amide bonds. The maximum absolute atomic E-state index is 11.6. The van der Waals surface area contributed by atoms with Gasteiger partial charge in [0.2, 0.25) is 0 Å². The zero-order valence-electron chi connectivity index (χ0n) is 10.2. The van der Waals surface area contributed by atoms with E-state index in [-0.39, 0.29) is 0 Å². The number of ether oxygens (including phenoxy) is 3. The fourth-order valence-electron chi connectivity index (χ4n) is 2.03. The molecule has 1 aromatic carbocycles. The fourth-order valence-corrected chi connectivity index (χ4v) is 2.03. The largest absolute Gasteiger partial charge is 0.467 e. The number of hydrogen-bond acceptors (Lipinski definition) is 4. The summed E-state index contributed by atoms with van der Waals surface area (Å²) in [5.74, 6) is -0.400. The van der Waals surface area contributed by atoms with Crippen LogP contribution in [0.1, 0.15) is 24.2 Å². The summed E-state index contributed by atoms with van der Waals surface area (Å²) in [5, 5.41) is 0. The fraction of sp³-hybridized carbons (Fsp3) is 0.462. The summed E-state index contributed by atoms with van der Waals surface area (Å²) in [4.78, 5) is 11.6. The maximum atomic E-state index is 11.6. The van der Waals surface area contributed by atoms with Crippen LogP contribution in [0.3, 0.4) is 0 Å². The molecule has 3 atom stereocenters. The number of esters is 1. The van der Waals surface area contributed by atoms with Crippen molar-refractivity contribution < 1.29 is 19.0 Å². The van der Waals surface area contributed by atoms with E-state index >= 15 is 0 Å². The minimum Gasteiger partial charge on any atom is -0.467 e. The van der Waals surface area contributed by atoms with Gasteiger partial charge in [0, 0.05) is 0 Å². The van der Waals surface area contributed by atoms with Crippen molar-refractivity contribution in [1.82, 2.24) is 0 Å². The van der Waals surface area contributed by atoms with Crippen LogP contribution in [0.25, 0.3) is 0 Å². The van der Waals surface area contributed by atoms with E-state index < -0.39 is 24.5 Å². The third-order valence-corrected chi connectivity index (χ3v) is 2.88. The normalized spacial score (nSPS) is 28.1. The molecule has 0 bridgehead atoms. The monoisotopic (exact) mass is 236 g/mol. The Morgan fingerprint density at radius 2 is 2.00 bits per heavy atom. The standard InChI is InChI=1S/C13H16O4/c1-8-6-4-5-7-10(8)11-12(13(14)15-3)17-9(2)16-11/h4-7,9,11-12H,1-3H3. The molecule has 4 nitrogen and oxygen atoms in total. The average Bonchev–Trinajstić information content (AvgIpc) is 2.71. The highest BCUT2D eigenvalue weighted by molar-refractivity contribution is 5.76. The smallest absolute Gasteiger partial charge is 0.338 e. The van der Waals surface area contributed by atoms with Crippen LogP contribution >= 0.6 is 0 Å². The van der Waals surface area contributed by atoms with Crippen LogP contribution in [-0.2, 0) is 19.0 Å². The van der Waals surface area contributed by atoms with Crippen LogP contribution in [-0.4, -0.2) is 25.5 Å². The molecule has 1 aliphatic rings. The van der Waals surface area contributed by atoms with Gasteiger partial charge in [0.05, 0.1) is 7.11 Å². The molecule has 0 N–H and O–H groups in total. The van der Waals surface area contributed by atoms with Crippen LogP contribution < -0.4 is 0 Å². The molecule has 0 spiro atoms. The van der Waals surface area contributed by atoms with Crippen molar-refractivity contribution in [2.45, 2.75) is 32.3 Å². The van der Waals surface area contributed by atoms with Gasteiger partial charge in [-0.25, -0.2) is 4.79 Å². The highest BCUT2D eigenvalue weighted by Crippen LogP contribution is 2.34. The van der Waals surface area contributed by atoms with E-state index in [4.69, 9.17) is 14.2 Å². The van der Waals surface area contributed by atoms with E-state index in [1.165, 1.54) is 7.11 Å². The molecule has 0 radical (unpaired) electrons. The van der Waals surface area contributed by atoms with Crippen molar-refractivity contribution >= 4 is 5.97 Å². The molecule has 1 heterocycles. The molecule has 3 unspecified atom stereocenters. The molecule has 92 valence electrons. The molecule has 1 saturated heterocycles. The highest BCUT2D eigenvalue weighted by Gasteiger charge is 2.41. The summed E-state index contributed by atoms with van der Waals surface area (Å²) < 4.78 is 15.8. The second kappa shape index (κ2) is 4.85. The second-order valence-corrected chi connectivity index (χ2v) is 4.06. The highest BCUT2D eigenvalue weighted by atomic mass is 16.7. The number of hydrogen-bond donors (Lipinski definition) is 0.